The molecule has 2 atom stereocenters. The van der Waals surface area contributed by atoms with Crippen molar-refractivity contribution in [2.75, 3.05) is 23.8 Å². The van der Waals surface area contributed by atoms with Gasteiger partial charge in [-0.2, -0.15) is 0 Å². The minimum Gasteiger partial charge on any atom is -0.384 e. The summed E-state index contributed by atoms with van der Waals surface area (Å²) in [5.74, 6) is 2.97. The summed E-state index contributed by atoms with van der Waals surface area (Å²) in [7, 11) is 0. The minimum atomic E-state index is 0.238. The first-order valence-electron chi connectivity index (χ1n) is 6.66. The molecule has 1 saturated heterocycles. The van der Waals surface area contributed by atoms with E-state index in [2.05, 4.69) is 28.7 Å². The summed E-state index contributed by atoms with van der Waals surface area (Å²) in [5.41, 5.74) is 5.90. The van der Waals surface area contributed by atoms with Gasteiger partial charge in [-0.05, 0) is 26.7 Å². The predicted molar refractivity (Wildman–Crippen MR) is 70.6 cm³/mol. The maximum atomic E-state index is 5.90. The summed E-state index contributed by atoms with van der Waals surface area (Å²) < 4.78 is 5.65. The molecule has 3 rings (SSSR count). The van der Waals surface area contributed by atoms with E-state index in [1.165, 1.54) is 12.8 Å². The van der Waals surface area contributed by atoms with E-state index in [9.17, 15) is 0 Å². The van der Waals surface area contributed by atoms with Gasteiger partial charge in [-0.25, -0.2) is 9.97 Å². The van der Waals surface area contributed by atoms with Crippen LogP contribution in [-0.4, -0.2) is 35.3 Å². The highest BCUT2D eigenvalue weighted by atomic mass is 16.5. The van der Waals surface area contributed by atoms with Gasteiger partial charge in [-0.3, -0.25) is 0 Å². The number of nitrogens with two attached hydrogens (primary N) is 1. The molecule has 98 valence electrons. The highest BCUT2D eigenvalue weighted by Gasteiger charge is 2.29. The van der Waals surface area contributed by atoms with Crippen LogP contribution in [0.4, 0.5) is 11.6 Å². The number of rotatable bonds is 2. The van der Waals surface area contributed by atoms with Gasteiger partial charge < -0.3 is 15.4 Å². The quantitative estimate of drug-likeness (QED) is 0.860. The molecule has 1 aromatic heterocycles. The van der Waals surface area contributed by atoms with E-state index in [4.69, 9.17) is 10.5 Å². The van der Waals surface area contributed by atoms with E-state index in [1.807, 2.05) is 6.07 Å². The van der Waals surface area contributed by atoms with Crippen LogP contribution in [0.15, 0.2) is 6.07 Å². The molecule has 18 heavy (non-hydrogen) atoms. The maximum absolute atomic E-state index is 5.90. The molecule has 0 bridgehead atoms. The molecule has 2 fully saturated rings. The first-order valence-corrected chi connectivity index (χ1v) is 6.66. The van der Waals surface area contributed by atoms with Crippen LogP contribution in [0.1, 0.15) is 38.4 Å². The fraction of sp³-hybridized carbons (Fsp3) is 0.692. The average Bonchev–Trinajstić information content (AvgIpc) is 3.15. The Morgan fingerprint density at radius 2 is 2.11 bits per heavy atom. The van der Waals surface area contributed by atoms with Gasteiger partial charge in [0.2, 0.25) is 0 Å². The number of nitrogen functional groups attached to an aromatic ring is 1. The smallest absolute Gasteiger partial charge is 0.136 e. The Morgan fingerprint density at radius 3 is 2.83 bits per heavy atom. The second-order valence-electron chi connectivity index (χ2n) is 5.43. The zero-order valence-electron chi connectivity index (χ0n) is 11.0. The fourth-order valence-electron chi connectivity index (χ4n) is 2.37. The van der Waals surface area contributed by atoms with Gasteiger partial charge in [0.15, 0.2) is 0 Å². The highest BCUT2D eigenvalue weighted by molar-refractivity contribution is 5.48. The number of morpholine rings is 1. The van der Waals surface area contributed by atoms with Gasteiger partial charge in [-0.1, -0.05) is 0 Å². The Labute approximate surface area is 107 Å². The van der Waals surface area contributed by atoms with Crippen LogP contribution in [0.5, 0.6) is 0 Å². The van der Waals surface area contributed by atoms with Gasteiger partial charge >= 0.3 is 0 Å². The molecule has 1 saturated carbocycles. The van der Waals surface area contributed by atoms with Crippen LogP contribution in [0.3, 0.4) is 0 Å². The first-order chi connectivity index (χ1) is 8.63. The van der Waals surface area contributed by atoms with Gasteiger partial charge in [0.25, 0.3) is 0 Å². The van der Waals surface area contributed by atoms with Crippen molar-refractivity contribution < 1.29 is 4.74 Å². The normalized spacial score (nSPS) is 28.4. The van der Waals surface area contributed by atoms with Crippen LogP contribution in [-0.2, 0) is 4.74 Å². The summed E-state index contributed by atoms with van der Waals surface area (Å²) >= 11 is 0. The van der Waals surface area contributed by atoms with Crippen molar-refractivity contribution in [2.45, 2.75) is 44.8 Å². The number of aromatic nitrogens is 2. The standard InChI is InChI=1S/C13H20N4O/c1-8-7-18-9(2)6-17(8)12-5-11(14)15-13(16-12)10-3-4-10/h5,8-10H,3-4,6-7H2,1-2H3,(H2,14,15,16). The number of nitrogens with zero attached hydrogens (tertiary/aromatic N) is 3. The summed E-state index contributed by atoms with van der Waals surface area (Å²) in [5, 5.41) is 0. The largest absolute Gasteiger partial charge is 0.384 e. The van der Waals surface area contributed by atoms with E-state index in [1.54, 1.807) is 0 Å². The zero-order chi connectivity index (χ0) is 12.7. The summed E-state index contributed by atoms with van der Waals surface area (Å²) in [4.78, 5) is 11.3. The molecule has 2 heterocycles. The second kappa shape index (κ2) is 4.39. The molecular weight excluding hydrogens is 228 g/mol. The van der Waals surface area contributed by atoms with Crippen LogP contribution >= 0.6 is 0 Å². The highest BCUT2D eigenvalue weighted by Crippen LogP contribution is 2.39. The van der Waals surface area contributed by atoms with Crippen LogP contribution in [0, 0.1) is 0 Å². The van der Waals surface area contributed by atoms with Crippen LogP contribution in [0.2, 0.25) is 0 Å². The molecular formula is C13H20N4O. The number of ether oxygens (including phenoxy) is 1. The molecule has 2 unspecified atom stereocenters. The predicted octanol–water partition coefficient (Wildman–Crippen LogP) is 1.55. The molecule has 5 heteroatoms. The number of hydrogen-bond donors (Lipinski definition) is 1. The summed E-state index contributed by atoms with van der Waals surface area (Å²) in [6.07, 6.45) is 2.62. The Kier molecular flexibility index (Phi) is 2.86. The Hall–Kier alpha value is -1.36. The topological polar surface area (TPSA) is 64.3 Å². The number of hydrogen-bond acceptors (Lipinski definition) is 5. The zero-order valence-corrected chi connectivity index (χ0v) is 11.0. The first kappa shape index (κ1) is 11.7. The van der Waals surface area contributed by atoms with Crippen LogP contribution < -0.4 is 10.6 Å². The van der Waals surface area contributed by atoms with Gasteiger partial charge in [0, 0.05) is 18.5 Å². The van der Waals surface area contributed by atoms with E-state index < -0.39 is 0 Å². The molecule has 2 N–H and O–H groups in total. The van der Waals surface area contributed by atoms with E-state index in [0.29, 0.717) is 17.8 Å². The van der Waals surface area contributed by atoms with E-state index >= 15 is 0 Å². The van der Waals surface area contributed by atoms with Crippen molar-refractivity contribution in [3.05, 3.63) is 11.9 Å². The van der Waals surface area contributed by atoms with Crippen molar-refractivity contribution in [1.29, 1.82) is 0 Å². The Balaban J connectivity index is 1.89. The molecule has 0 amide bonds. The lowest BCUT2D eigenvalue weighted by Gasteiger charge is -2.37. The second-order valence-corrected chi connectivity index (χ2v) is 5.43. The molecule has 5 nitrogen and oxygen atoms in total. The molecule has 2 aliphatic rings. The summed E-state index contributed by atoms with van der Waals surface area (Å²) in [6, 6.07) is 2.21. The third-order valence-corrected chi connectivity index (χ3v) is 3.59. The molecule has 1 aromatic rings. The molecule has 0 radical (unpaired) electrons. The monoisotopic (exact) mass is 248 g/mol. The van der Waals surface area contributed by atoms with Crippen molar-refractivity contribution in [1.82, 2.24) is 9.97 Å². The van der Waals surface area contributed by atoms with Crippen molar-refractivity contribution in [3.63, 3.8) is 0 Å². The van der Waals surface area contributed by atoms with Gasteiger partial charge in [-0.15, -0.1) is 0 Å². The Bertz CT molecular complexity index is 447. The molecule has 1 aliphatic heterocycles. The molecule has 0 spiro atoms. The lowest BCUT2D eigenvalue weighted by molar-refractivity contribution is 0.0340. The third-order valence-electron chi connectivity index (χ3n) is 3.59. The molecule has 1 aliphatic carbocycles. The van der Waals surface area contributed by atoms with E-state index in [0.717, 1.165) is 24.8 Å². The van der Waals surface area contributed by atoms with Crippen molar-refractivity contribution in [2.24, 2.45) is 0 Å². The lowest BCUT2D eigenvalue weighted by Crippen LogP contribution is -2.47. The maximum Gasteiger partial charge on any atom is 0.136 e. The average molecular weight is 248 g/mol. The number of anilines is 2. The van der Waals surface area contributed by atoms with Gasteiger partial charge in [0.05, 0.1) is 18.8 Å². The van der Waals surface area contributed by atoms with Crippen molar-refractivity contribution in [3.8, 4) is 0 Å². The minimum absolute atomic E-state index is 0.238. The lowest BCUT2D eigenvalue weighted by atomic mass is 10.2. The SMILES string of the molecule is CC1CN(c2cc(N)nc(C3CC3)n2)C(C)CO1. The van der Waals surface area contributed by atoms with Gasteiger partial charge in [0.1, 0.15) is 17.5 Å². The Morgan fingerprint density at radius 1 is 1.33 bits per heavy atom. The van der Waals surface area contributed by atoms with E-state index in [-0.39, 0.29) is 6.10 Å². The summed E-state index contributed by atoms with van der Waals surface area (Å²) in [6.45, 7) is 5.85. The van der Waals surface area contributed by atoms with Crippen LogP contribution in [0.25, 0.3) is 0 Å². The molecule has 0 aromatic carbocycles. The fourth-order valence-corrected chi connectivity index (χ4v) is 2.37. The van der Waals surface area contributed by atoms with Crippen molar-refractivity contribution >= 4 is 11.6 Å². The third kappa shape index (κ3) is 2.27.